The zero-order valence-corrected chi connectivity index (χ0v) is 23.5. The van der Waals surface area contributed by atoms with Crippen LogP contribution in [0.15, 0.2) is 83.8 Å². The van der Waals surface area contributed by atoms with Crippen LogP contribution < -0.4 is 9.62 Å². The highest BCUT2D eigenvalue weighted by Gasteiger charge is 2.33. The van der Waals surface area contributed by atoms with Gasteiger partial charge in [-0.15, -0.1) is 0 Å². The molecule has 0 bridgehead atoms. The van der Waals surface area contributed by atoms with E-state index in [0.29, 0.717) is 30.1 Å². The van der Waals surface area contributed by atoms with Crippen molar-refractivity contribution in [1.82, 2.24) is 10.2 Å². The van der Waals surface area contributed by atoms with E-state index in [1.54, 1.807) is 36.4 Å². The van der Waals surface area contributed by atoms with Crippen molar-refractivity contribution in [3.05, 3.63) is 95.0 Å². The van der Waals surface area contributed by atoms with E-state index in [0.717, 1.165) is 15.4 Å². The number of hydrogen-bond acceptors (Lipinski definition) is 4. The third-order valence-corrected chi connectivity index (χ3v) is 8.26. The van der Waals surface area contributed by atoms with Crippen molar-refractivity contribution in [2.24, 2.45) is 0 Å². The number of halogens is 1. The van der Waals surface area contributed by atoms with Crippen LogP contribution in [0.2, 0.25) is 5.02 Å². The molecule has 1 atom stereocenters. The maximum absolute atomic E-state index is 13.9. The summed E-state index contributed by atoms with van der Waals surface area (Å²) in [4.78, 5) is 28.4. The summed E-state index contributed by atoms with van der Waals surface area (Å²) < 4.78 is 28.6. The summed E-state index contributed by atoms with van der Waals surface area (Å²) in [7, 11) is -4.10. The van der Waals surface area contributed by atoms with Gasteiger partial charge in [-0.25, -0.2) is 8.42 Å². The quantitative estimate of drug-likeness (QED) is 0.347. The lowest BCUT2D eigenvalue weighted by molar-refractivity contribution is -0.139. The van der Waals surface area contributed by atoms with E-state index in [-0.39, 0.29) is 17.3 Å². The Morgan fingerprint density at radius 2 is 1.55 bits per heavy atom. The predicted octanol–water partition coefficient (Wildman–Crippen LogP) is 4.83. The Balaban J connectivity index is 1.99. The van der Waals surface area contributed by atoms with Crippen molar-refractivity contribution in [1.29, 1.82) is 0 Å². The van der Waals surface area contributed by atoms with Gasteiger partial charge in [0, 0.05) is 18.1 Å². The van der Waals surface area contributed by atoms with Crippen molar-refractivity contribution in [3.8, 4) is 0 Å². The van der Waals surface area contributed by atoms with E-state index in [1.165, 1.54) is 17.0 Å². The number of benzene rings is 3. The highest BCUT2D eigenvalue weighted by atomic mass is 35.5. The van der Waals surface area contributed by atoms with Crippen LogP contribution in [0.4, 0.5) is 5.69 Å². The lowest BCUT2D eigenvalue weighted by Gasteiger charge is -2.33. The van der Waals surface area contributed by atoms with Gasteiger partial charge in [-0.1, -0.05) is 66.6 Å². The third kappa shape index (κ3) is 7.36. The second-order valence-electron chi connectivity index (χ2n) is 8.94. The number of hydrogen-bond donors (Lipinski definition) is 1. The number of nitrogens with zero attached hydrogens (tertiary/aromatic N) is 2. The fourth-order valence-electron chi connectivity index (χ4n) is 4.16. The molecule has 7 nitrogen and oxygen atoms in total. The lowest BCUT2D eigenvalue weighted by Crippen LogP contribution is -2.53. The standard InChI is InChI=1S/C29H34ClN3O4S/c1-4-27(29(35)31-5-2)32(20-19-23-9-7-6-8-10-23)28(34)21-33(25-15-13-24(30)14-16-25)38(36,37)26-17-11-22(3)12-18-26/h6-18,27H,4-5,19-21H2,1-3H3,(H,31,35). The lowest BCUT2D eigenvalue weighted by atomic mass is 10.1. The van der Waals surface area contributed by atoms with Gasteiger partial charge in [-0.2, -0.15) is 0 Å². The Kier molecular flexibility index (Phi) is 10.3. The minimum atomic E-state index is -4.10. The zero-order chi connectivity index (χ0) is 27.7. The highest BCUT2D eigenvalue weighted by Crippen LogP contribution is 2.26. The number of amides is 2. The summed E-state index contributed by atoms with van der Waals surface area (Å²) in [6, 6.07) is 21.7. The number of carbonyl (C=O) groups is 2. The van der Waals surface area contributed by atoms with Crippen LogP contribution in [0, 0.1) is 6.92 Å². The largest absolute Gasteiger partial charge is 0.355 e. The third-order valence-electron chi connectivity index (χ3n) is 6.22. The SMILES string of the molecule is CCNC(=O)C(CC)N(CCc1ccccc1)C(=O)CN(c1ccc(Cl)cc1)S(=O)(=O)c1ccc(C)cc1. The number of sulfonamides is 1. The van der Waals surface area contributed by atoms with Crippen LogP contribution in [0.25, 0.3) is 0 Å². The number of anilines is 1. The smallest absolute Gasteiger partial charge is 0.264 e. The van der Waals surface area contributed by atoms with Crippen LogP contribution >= 0.6 is 11.6 Å². The topological polar surface area (TPSA) is 86.8 Å². The molecular weight excluding hydrogens is 522 g/mol. The van der Waals surface area contributed by atoms with Gasteiger partial charge in [0.1, 0.15) is 12.6 Å². The number of likely N-dealkylation sites (N-methyl/N-ethyl adjacent to an activating group) is 1. The number of nitrogens with one attached hydrogen (secondary N) is 1. The average molecular weight is 556 g/mol. The van der Waals surface area contributed by atoms with Gasteiger partial charge in [0.15, 0.2) is 0 Å². The first-order valence-corrected chi connectivity index (χ1v) is 14.4. The van der Waals surface area contributed by atoms with E-state index in [2.05, 4.69) is 5.32 Å². The van der Waals surface area contributed by atoms with Gasteiger partial charge < -0.3 is 10.2 Å². The summed E-state index contributed by atoms with van der Waals surface area (Å²) in [6.07, 6.45) is 0.909. The Bertz CT molecular complexity index is 1310. The first kappa shape index (κ1) is 29.2. The Labute approximate surface area is 230 Å². The molecule has 0 saturated heterocycles. The average Bonchev–Trinajstić information content (AvgIpc) is 2.91. The molecular formula is C29H34ClN3O4S. The summed E-state index contributed by atoms with van der Waals surface area (Å²) >= 11 is 6.06. The number of rotatable bonds is 12. The first-order valence-electron chi connectivity index (χ1n) is 12.6. The molecule has 9 heteroatoms. The predicted molar refractivity (Wildman–Crippen MR) is 152 cm³/mol. The van der Waals surface area contributed by atoms with Crippen LogP contribution in [-0.4, -0.2) is 50.8 Å². The van der Waals surface area contributed by atoms with Gasteiger partial charge in [0.25, 0.3) is 10.0 Å². The van der Waals surface area contributed by atoms with Crippen LogP contribution in [0.3, 0.4) is 0 Å². The van der Waals surface area contributed by atoms with E-state index in [1.807, 2.05) is 51.1 Å². The normalized spacial score (nSPS) is 12.0. The molecule has 0 aliphatic carbocycles. The maximum atomic E-state index is 13.9. The Hall–Kier alpha value is -3.36. The molecule has 3 rings (SSSR count). The Morgan fingerprint density at radius 3 is 2.13 bits per heavy atom. The summed E-state index contributed by atoms with van der Waals surface area (Å²) in [5.74, 6) is -0.736. The highest BCUT2D eigenvalue weighted by molar-refractivity contribution is 7.92. The maximum Gasteiger partial charge on any atom is 0.264 e. The van der Waals surface area contributed by atoms with E-state index in [4.69, 9.17) is 11.6 Å². The second-order valence-corrected chi connectivity index (χ2v) is 11.2. The fourth-order valence-corrected chi connectivity index (χ4v) is 5.70. The number of aryl methyl sites for hydroxylation is 1. The van der Waals surface area contributed by atoms with E-state index >= 15 is 0 Å². The van der Waals surface area contributed by atoms with Crippen molar-refractivity contribution in [2.75, 3.05) is 23.9 Å². The zero-order valence-electron chi connectivity index (χ0n) is 21.9. The number of carbonyl (C=O) groups excluding carboxylic acids is 2. The molecule has 0 aliphatic rings. The molecule has 0 aliphatic heterocycles. The molecule has 0 spiro atoms. The van der Waals surface area contributed by atoms with Crippen LogP contribution in [0.1, 0.15) is 31.4 Å². The molecule has 38 heavy (non-hydrogen) atoms. The molecule has 1 N–H and O–H groups in total. The molecule has 0 radical (unpaired) electrons. The van der Waals surface area contributed by atoms with Crippen molar-refractivity contribution < 1.29 is 18.0 Å². The molecule has 1 unspecified atom stereocenters. The first-order chi connectivity index (χ1) is 18.2. The molecule has 0 aromatic heterocycles. The van der Waals surface area contributed by atoms with Gasteiger partial charge in [-0.3, -0.25) is 13.9 Å². The van der Waals surface area contributed by atoms with E-state index in [9.17, 15) is 18.0 Å². The molecule has 0 heterocycles. The Morgan fingerprint density at radius 1 is 0.921 bits per heavy atom. The molecule has 3 aromatic rings. The second kappa shape index (κ2) is 13.4. The van der Waals surface area contributed by atoms with Gasteiger partial charge >= 0.3 is 0 Å². The summed E-state index contributed by atoms with van der Waals surface area (Å²) in [6.45, 7) is 5.74. The van der Waals surface area contributed by atoms with Crippen molar-refractivity contribution >= 4 is 39.1 Å². The van der Waals surface area contributed by atoms with Crippen LogP contribution in [0.5, 0.6) is 0 Å². The molecule has 3 aromatic carbocycles. The molecule has 0 fully saturated rings. The molecule has 0 saturated carbocycles. The van der Waals surface area contributed by atoms with Crippen molar-refractivity contribution in [2.45, 2.75) is 44.6 Å². The van der Waals surface area contributed by atoms with Crippen molar-refractivity contribution in [3.63, 3.8) is 0 Å². The van der Waals surface area contributed by atoms with Gasteiger partial charge in [0.05, 0.1) is 10.6 Å². The summed E-state index contributed by atoms with van der Waals surface area (Å²) in [5, 5.41) is 3.25. The minimum absolute atomic E-state index is 0.0671. The van der Waals surface area contributed by atoms with Gasteiger partial charge in [-0.05, 0) is 68.7 Å². The monoisotopic (exact) mass is 555 g/mol. The summed E-state index contributed by atoms with van der Waals surface area (Å²) in [5.41, 5.74) is 2.23. The van der Waals surface area contributed by atoms with Crippen LogP contribution in [-0.2, 0) is 26.0 Å². The molecule has 2 amide bonds. The van der Waals surface area contributed by atoms with E-state index < -0.39 is 28.5 Å². The fraction of sp³-hybridized carbons (Fsp3) is 0.310. The molecule has 202 valence electrons. The van der Waals surface area contributed by atoms with Gasteiger partial charge in [0.2, 0.25) is 11.8 Å². The minimum Gasteiger partial charge on any atom is -0.355 e.